The highest BCUT2D eigenvalue weighted by atomic mass is 15.0. The van der Waals surface area contributed by atoms with Crippen LogP contribution in [-0.2, 0) is 12.8 Å². The molecule has 0 unspecified atom stereocenters. The maximum absolute atomic E-state index is 2.49. The summed E-state index contributed by atoms with van der Waals surface area (Å²) in [5, 5.41) is 5.09. The average Bonchev–Trinajstić information content (AvgIpc) is 3.66. The van der Waals surface area contributed by atoms with Gasteiger partial charge in [-0.3, -0.25) is 0 Å². The lowest BCUT2D eigenvalue weighted by atomic mass is 10.00. The van der Waals surface area contributed by atoms with Crippen LogP contribution in [0.15, 0.2) is 158 Å². The van der Waals surface area contributed by atoms with Gasteiger partial charge in [0, 0.05) is 32.9 Å². The van der Waals surface area contributed by atoms with Gasteiger partial charge in [0.25, 0.3) is 0 Å². The molecule has 0 N–H and O–H groups in total. The van der Waals surface area contributed by atoms with Gasteiger partial charge in [0.05, 0.1) is 22.1 Å². The Morgan fingerprint density at radius 2 is 1.04 bits per heavy atom. The van der Waals surface area contributed by atoms with Crippen LogP contribution in [0.1, 0.15) is 28.7 Å². The predicted octanol–water partition coefficient (Wildman–Crippen LogP) is 12.3. The lowest BCUT2D eigenvalue weighted by molar-refractivity contribution is 0.820. The number of benzene rings is 7. The van der Waals surface area contributed by atoms with Crippen LogP contribution < -0.4 is 0 Å². The van der Waals surface area contributed by atoms with Crippen molar-refractivity contribution in [3.05, 3.63) is 180 Å². The van der Waals surface area contributed by atoms with Gasteiger partial charge in [0.2, 0.25) is 0 Å². The van der Waals surface area contributed by atoms with E-state index in [4.69, 9.17) is 0 Å². The Bertz CT molecular complexity index is 2630. The molecule has 0 atom stereocenters. The summed E-state index contributed by atoms with van der Waals surface area (Å²) >= 11 is 0. The second kappa shape index (κ2) is 12.0. The topological polar surface area (TPSA) is 9.86 Å². The molecule has 0 bridgehead atoms. The first-order valence-electron chi connectivity index (χ1n) is 17.4. The van der Waals surface area contributed by atoms with E-state index < -0.39 is 0 Å². The number of rotatable bonds is 7. The minimum absolute atomic E-state index is 1.09. The molecule has 0 aliphatic carbocycles. The van der Waals surface area contributed by atoms with Gasteiger partial charge in [-0.15, -0.1) is 0 Å². The molecule has 0 aliphatic heterocycles. The Morgan fingerprint density at radius 1 is 0.408 bits per heavy atom. The van der Waals surface area contributed by atoms with Crippen LogP contribution in [0.4, 0.5) is 0 Å². The molecule has 0 saturated carbocycles. The number of para-hydroxylation sites is 2. The van der Waals surface area contributed by atoms with Gasteiger partial charge in [0.1, 0.15) is 0 Å². The maximum Gasteiger partial charge on any atom is 0.0641 e. The van der Waals surface area contributed by atoms with Crippen LogP contribution >= 0.6 is 0 Å². The van der Waals surface area contributed by atoms with Gasteiger partial charge in [-0.25, -0.2) is 0 Å². The molecule has 0 fully saturated rings. The Kier molecular flexibility index (Phi) is 7.16. The van der Waals surface area contributed by atoms with Crippen molar-refractivity contribution in [1.29, 1.82) is 0 Å². The van der Waals surface area contributed by atoms with Crippen molar-refractivity contribution in [3.63, 3.8) is 0 Å². The Morgan fingerprint density at radius 3 is 1.78 bits per heavy atom. The van der Waals surface area contributed by atoms with E-state index in [1.807, 2.05) is 0 Å². The van der Waals surface area contributed by atoms with Gasteiger partial charge in [0.15, 0.2) is 0 Å². The van der Waals surface area contributed by atoms with Crippen LogP contribution in [0.2, 0.25) is 0 Å². The fourth-order valence-corrected chi connectivity index (χ4v) is 7.76. The van der Waals surface area contributed by atoms with Crippen molar-refractivity contribution < 1.29 is 0 Å². The van der Waals surface area contributed by atoms with E-state index in [1.54, 1.807) is 0 Å². The quantitative estimate of drug-likeness (QED) is 0.166. The van der Waals surface area contributed by atoms with Gasteiger partial charge in [-0.05, 0) is 103 Å². The normalized spacial score (nSPS) is 11.7. The second-order valence-electron chi connectivity index (χ2n) is 13.5. The molecule has 9 rings (SSSR count). The number of hydrogen-bond donors (Lipinski definition) is 0. The fraction of sp³-hybridized carbons (Fsp3) is 0.106. The minimum Gasteiger partial charge on any atom is -0.309 e. The van der Waals surface area contributed by atoms with E-state index in [0.717, 1.165) is 19.3 Å². The first kappa shape index (κ1) is 29.3. The lowest BCUT2D eigenvalue weighted by Gasteiger charge is -2.12. The summed E-state index contributed by atoms with van der Waals surface area (Å²) in [6.45, 7) is 4.32. The molecule has 0 amide bonds. The van der Waals surface area contributed by atoms with Crippen molar-refractivity contribution in [2.75, 3.05) is 0 Å². The Hall–Kier alpha value is -5.86. The predicted molar refractivity (Wildman–Crippen MR) is 208 cm³/mol. The average molecular weight is 631 g/mol. The molecule has 2 nitrogen and oxygen atoms in total. The van der Waals surface area contributed by atoms with Crippen LogP contribution in [0, 0.1) is 13.8 Å². The number of hydrogen-bond acceptors (Lipinski definition) is 0. The molecule has 49 heavy (non-hydrogen) atoms. The molecule has 2 heteroatoms. The van der Waals surface area contributed by atoms with E-state index in [9.17, 15) is 0 Å². The summed E-state index contributed by atoms with van der Waals surface area (Å²) in [6, 6.07) is 58.4. The van der Waals surface area contributed by atoms with Gasteiger partial charge < -0.3 is 9.13 Å². The molecule has 0 aliphatic rings. The first-order valence-corrected chi connectivity index (χ1v) is 17.4. The summed E-state index contributed by atoms with van der Waals surface area (Å²) in [5.74, 6) is 0. The van der Waals surface area contributed by atoms with Crippen LogP contribution in [0.3, 0.4) is 0 Å². The Balaban J connectivity index is 1.16. The highest BCUT2D eigenvalue weighted by molar-refractivity contribution is 6.26. The van der Waals surface area contributed by atoms with Crippen molar-refractivity contribution >= 4 is 43.6 Å². The van der Waals surface area contributed by atoms with E-state index >= 15 is 0 Å². The molecule has 0 radical (unpaired) electrons. The summed E-state index contributed by atoms with van der Waals surface area (Å²) in [6.07, 6.45) is 3.35. The lowest BCUT2D eigenvalue weighted by Crippen LogP contribution is -1.96. The highest BCUT2D eigenvalue weighted by Crippen LogP contribution is 2.42. The zero-order valence-electron chi connectivity index (χ0n) is 28.0. The third-order valence-corrected chi connectivity index (χ3v) is 10.2. The third kappa shape index (κ3) is 5.12. The SMILES string of the molecule is Cc1ccc(CCCc2ccc(-c3cccc(-n4c5ccccc5c5ccc6c(c7ccccc7n6-c6cccc(C)c6)c54)c3)cc2)cc1. The molecule has 9 aromatic rings. The Labute approximate surface area is 287 Å². The zero-order valence-corrected chi connectivity index (χ0v) is 28.0. The van der Waals surface area contributed by atoms with Crippen LogP contribution in [0.25, 0.3) is 66.1 Å². The third-order valence-electron chi connectivity index (χ3n) is 10.2. The second-order valence-corrected chi connectivity index (χ2v) is 13.5. The van der Waals surface area contributed by atoms with Crippen molar-refractivity contribution in [2.24, 2.45) is 0 Å². The smallest absolute Gasteiger partial charge is 0.0641 e. The molecule has 2 heterocycles. The van der Waals surface area contributed by atoms with Gasteiger partial charge in [-0.2, -0.15) is 0 Å². The monoisotopic (exact) mass is 630 g/mol. The maximum atomic E-state index is 2.49. The summed E-state index contributed by atoms with van der Waals surface area (Å²) in [5.41, 5.74) is 15.1. The van der Waals surface area contributed by atoms with Crippen molar-refractivity contribution in [2.45, 2.75) is 33.1 Å². The highest BCUT2D eigenvalue weighted by Gasteiger charge is 2.20. The number of aromatic nitrogens is 2. The van der Waals surface area contributed by atoms with Crippen molar-refractivity contribution in [1.82, 2.24) is 9.13 Å². The molecule has 2 aromatic heterocycles. The molecule has 0 spiro atoms. The minimum atomic E-state index is 1.09. The van der Waals surface area contributed by atoms with E-state index in [2.05, 4.69) is 181 Å². The van der Waals surface area contributed by atoms with Crippen molar-refractivity contribution in [3.8, 4) is 22.5 Å². The molecule has 236 valence electrons. The molecule has 0 saturated heterocycles. The van der Waals surface area contributed by atoms with Crippen LogP contribution in [0.5, 0.6) is 0 Å². The molecular formula is C47H38N2. The zero-order chi connectivity index (χ0) is 32.9. The van der Waals surface area contributed by atoms with Crippen LogP contribution in [-0.4, -0.2) is 9.13 Å². The summed E-state index contributed by atoms with van der Waals surface area (Å²) < 4.78 is 4.92. The first-order chi connectivity index (χ1) is 24.1. The number of aryl methyl sites for hydroxylation is 4. The fourth-order valence-electron chi connectivity index (χ4n) is 7.76. The van der Waals surface area contributed by atoms with E-state index in [1.165, 1.54) is 88.4 Å². The number of fused-ring (bicyclic) bond motifs is 7. The van der Waals surface area contributed by atoms with Gasteiger partial charge in [-0.1, -0.05) is 121 Å². The molecule has 7 aromatic carbocycles. The van der Waals surface area contributed by atoms with E-state index in [0.29, 0.717) is 0 Å². The number of nitrogens with zero attached hydrogens (tertiary/aromatic N) is 2. The summed E-state index contributed by atoms with van der Waals surface area (Å²) in [4.78, 5) is 0. The largest absolute Gasteiger partial charge is 0.309 e. The standard InChI is InChI=1S/C47H38N2/c1-32-20-22-34(23-21-32)11-8-12-35-24-26-36(27-25-35)37-13-9-15-39(31-37)49-43-18-5-3-16-40(43)41-28-29-45-46(47(41)49)42-17-4-6-19-44(42)48(45)38-14-7-10-33(2)30-38/h3-7,9-10,13-31H,8,11-12H2,1-2H3. The molecular weight excluding hydrogens is 593 g/mol. The van der Waals surface area contributed by atoms with Gasteiger partial charge >= 0.3 is 0 Å². The summed E-state index contributed by atoms with van der Waals surface area (Å²) in [7, 11) is 0. The van der Waals surface area contributed by atoms with E-state index in [-0.39, 0.29) is 0 Å².